The predicted molar refractivity (Wildman–Crippen MR) is 79.4 cm³/mol. The molecule has 0 aliphatic heterocycles. The Bertz CT molecular complexity index is 315. The quantitative estimate of drug-likeness (QED) is 0.363. The number of hydrogen-bond acceptors (Lipinski definition) is 6. The molecule has 0 saturated carbocycles. The maximum absolute atomic E-state index is 12.5. The van der Waals surface area contributed by atoms with Crippen molar-refractivity contribution in [2.75, 3.05) is 26.0 Å². The summed E-state index contributed by atoms with van der Waals surface area (Å²) in [6.45, 7) is 4.89. The topological polar surface area (TPSA) is 76.7 Å². The van der Waals surface area contributed by atoms with Gasteiger partial charge in [0.1, 0.15) is 6.04 Å². The van der Waals surface area contributed by atoms with Crippen LogP contribution in [-0.4, -0.2) is 44.1 Å². The van der Waals surface area contributed by atoms with Crippen molar-refractivity contribution in [1.29, 1.82) is 0 Å². The third-order valence-electron chi connectivity index (χ3n) is 1.97. The lowest BCUT2D eigenvalue weighted by molar-refractivity contribution is -0.149. The van der Waals surface area contributed by atoms with E-state index in [2.05, 4.69) is 10.4 Å². The molecule has 0 aromatic carbocycles. The van der Waals surface area contributed by atoms with Gasteiger partial charge in [0.2, 0.25) is 0 Å². The molecule has 0 aromatic heterocycles. The SMILES string of the molecule is CCO[P@](=O)(N[C@@H](C)C(=O)OC(C)C)SCCNC. The Labute approximate surface area is 119 Å². The highest BCUT2D eigenvalue weighted by molar-refractivity contribution is 8.56. The molecule has 0 fully saturated rings. The van der Waals surface area contributed by atoms with Crippen molar-refractivity contribution in [2.24, 2.45) is 0 Å². The molecule has 0 rings (SSSR count). The second-order valence-corrected chi connectivity index (χ2v) is 8.58. The van der Waals surface area contributed by atoms with E-state index in [4.69, 9.17) is 9.26 Å². The van der Waals surface area contributed by atoms with Crippen molar-refractivity contribution in [3.63, 3.8) is 0 Å². The molecular formula is C11H25N2O4PS. The number of rotatable bonds is 10. The fourth-order valence-corrected chi connectivity index (χ4v) is 5.09. The Hall–Kier alpha value is -0.0700. The van der Waals surface area contributed by atoms with Gasteiger partial charge in [0, 0.05) is 12.3 Å². The van der Waals surface area contributed by atoms with E-state index in [0.717, 1.165) is 0 Å². The first-order valence-corrected chi connectivity index (χ1v) is 9.58. The van der Waals surface area contributed by atoms with Gasteiger partial charge < -0.3 is 14.6 Å². The third kappa shape index (κ3) is 8.65. The highest BCUT2D eigenvalue weighted by atomic mass is 32.7. The summed E-state index contributed by atoms with van der Waals surface area (Å²) in [5, 5.41) is 5.72. The number of carbonyl (C=O) groups excluding carboxylic acids is 1. The second kappa shape index (κ2) is 9.77. The Balaban J connectivity index is 4.46. The van der Waals surface area contributed by atoms with Crippen molar-refractivity contribution in [3.05, 3.63) is 0 Å². The van der Waals surface area contributed by atoms with Gasteiger partial charge in [-0.25, -0.2) is 5.09 Å². The molecule has 0 bridgehead atoms. The van der Waals surface area contributed by atoms with Gasteiger partial charge in [-0.1, -0.05) is 11.4 Å². The Morgan fingerprint density at radius 3 is 2.47 bits per heavy atom. The zero-order valence-electron chi connectivity index (χ0n) is 12.3. The predicted octanol–water partition coefficient (Wildman–Crippen LogP) is 2.01. The van der Waals surface area contributed by atoms with Gasteiger partial charge >= 0.3 is 12.7 Å². The van der Waals surface area contributed by atoms with E-state index >= 15 is 0 Å². The van der Waals surface area contributed by atoms with Crippen molar-refractivity contribution in [2.45, 2.75) is 39.8 Å². The lowest BCUT2D eigenvalue weighted by Gasteiger charge is -2.22. The van der Waals surface area contributed by atoms with Crippen LogP contribution in [0.4, 0.5) is 0 Å². The van der Waals surface area contributed by atoms with Crippen LogP contribution in [0.2, 0.25) is 0 Å². The zero-order valence-corrected chi connectivity index (χ0v) is 14.0. The van der Waals surface area contributed by atoms with Crippen LogP contribution in [0.3, 0.4) is 0 Å². The van der Waals surface area contributed by atoms with Crippen LogP contribution in [0.1, 0.15) is 27.7 Å². The Kier molecular flexibility index (Phi) is 9.74. The number of esters is 1. The smallest absolute Gasteiger partial charge is 0.327 e. The molecule has 0 aliphatic rings. The largest absolute Gasteiger partial charge is 0.462 e. The molecule has 2 atom stereocenters. The maximum Gasteiger partial charge on any atom is 0.327 e. The standard InChI is InChI=1S/C11H25N2O4PS/c1-6-16-18(15,19-8-7-12-5)13-10(4)11(14)17-9(2)3/h9-10,12H,6-8H2,1-5H3,(H,13,15)/t10-,18+/m0/s1. The van der Waals surface area contributed by atoms with E-state index in [1.165, 1.54) is 11.4 Å². The van der Waals surface area contributed by atoms with E-state index in [-0.39, 0.29) is 6.10 Å². The number of hydrogen-bond donors (Lipinski definition) is 2. The molecule has 6 nitrogen and oxygen atoms in total. The molecule has 0 amide bonds. The summed E-state index contributed by atoms with van der Waals surface area (Å²) < 4.78 is 22.8. The van der Waals surface area contributed by atoms with Gasteiger partial charge in [0.15, 0.2) is 0 Å². The highest BCUT2D eigenvalue weighted by Gasteiger charge is 2.29. The monoisotopic (exact) mass is 312 g/mol. The molecule has 0 saturated heterocycles. The van der Waals surface area contributed by atoms with Crippen LogP contribution in [0.5, 0.6) is 0 Å². The van der Waals surface area contributed by atoms with Crippen LogP contribution in [0.15, 0.2) is 0 Å². The number of nitrogens with one attached hydrogen (secondary N) is 2. The average Bonchev–Trinajstić information content (AvgIpc) is 2.28. The first-order chi connectivity index (χ1) is 8.84. The minimum Gasteiger partial charge on any atom is -0.462 e. The summed E-state index contributed by atoms with van der Waals surface area (Å²) in [6, 6.07) is -0.665. The Morgan fingerprint density at radius 2 is 2.00 bits per heavy atom. The summed E-state index contributed by atoms with van der Waals surface area (Å²) in [7, 11) is 1.82. The summed E-state index contributed by atoms with van der Waals surface area (Å²) in [6.07, 6.45) is -0.194. The normalized spacial score (nSPS) is 16.1. The minimum absolute atomic E-state index is 0.194. The van der Waals surface area contributed by atoms with Crippen LogP contribution < -0.4 is 10.4 Å². The average molecular weight is 312 g/mol. The van der Waals surface area contributed by atoms with Gasteiger partial charge in [-0.3, -0.25) is 9.36 Å². The van der Waals surface area contributed by atoms with Crippen LogP contribution in [0, 0.1) is 0 Å². The molecule has 0 spiro atoms. The molecule has 0 radical (unpaired) electrons. The minimum atomic E-state index is -3.08. The van der Waals surface area contributed by atoms with E-state index in [0.29, 0.717) is 18.9 Å². The van der Waals surface area contributed by atoms with Crippen molar-refractivity contribution >= 4 is 24.1 Å². The number of carbonyl (C=O) groups is 1. The van der Waals surface area contributed by atoms with Crippen LogP contribution >= 0.6 is 18.1 Å². The molecule has 0 aliphatic carbocycles. The highest BCUT2D eigenvalue weighted by Crippen LogP contribution is 2.55. The summed E-state index contributed by atoms with van der Waals surface area (Å²) in [4.78, 5) is 11.7. The van der Waals surface area contributed by atoms with Gasteiger partial charge in [0.25, 0.3) is 0 Å². The van der Waals surface area contributed by atoms with Crippen LogP contribution in [0.25, 0.3) is 0 Å². The van der Waals surface area contributed by atoms with E-state index in [1.54, 1.807) is 27.7 Å². The molecule has 114 valence electrons. The van der Waals surface area contributed by atoms with Gasteiger partial charge in [-0.2, -0.15) is 0 Å². The molecule has 0 unspecified atom stereocenters. The fraction of sp³-hybridized carbons (Fsp3) is 0.909. The fourth-order valence-electron chi connectivity index (χ4n) is 1.17. The zero-order chi connectivity index (χ0) is 14.9. The van der Waals surface area contributed by atoms with Gasteiger partial charge in [-0.05, 0) is 34.7 Å². The maximum atomic E-state index is 12.5. The van der Waals surface area contributed by atoms with Crippen molar-refractivity contribution in [3.8, 4) is 0 Å². The lowest BCUT2D eigenvalue weighted by atomic mass is 10.4. The molecule has 8 heteroatoms. The van der Waals surface area contributed by atoms with E-state index in [1.807, 2.05) is 7.05 Å². The van der Waals surface area contributed by atoms with Gasteiger partial charge in [0.05, 0.1) is 12.7 Å². The van der Waals surface area contributed by atoms with Crippen molar-refractivity contribution < 1.29 is 18.6 Å². The second-order valence-electron chi connectivity index (χ2n) is 4.19. The summed E-state index contributed by atoms with van der Waals surface area (Å²) in [5.41, 5.74) is 0. The first kappa shape index (κ1) is 18.9. The first-order valence-electron chi connectivity index (χ1n) is 6.36. The molecule has 0 aromatic rings. The summed E-state index contributed by atoms with van der Waals surface area (Å²) >= 11 is 1.19. The van der Waals surface area contributed by atoms with Gasteiger partial charge in [-0.15, -0.1) is 0 Å². The van der Waals surface area contributed by atoms with E-state index < -0.39 is 18.7 Å². The molecular weight excluding hydrogens is 287 g/mol. The van der Waals surface area contributed by atoms with Crippen molar-refractivity contribution in [1.82, 2.24) is 10.4 Å². The summed E-state index contributed by atoms with van der Waals surface area (Å²) in [5.74, 6) is 0.205. The lowest BCUT2D eigenvalue weighted by Crippen LogP contribution is -2.34. The van der Waals surface area contributed by atoms with E-state index in [9.17, 15) is 9.36 Å². The molecule has 19 heavy (non-hydrogen) atoms. The molecule has 2 N–H and O–H groups in total. The Morgan fingerprint density at radius 1 is 1.37 bits per heavy atom. The van der Waals surface area contributed by atoms with Crippen LogP contribution in [-0.2, 0) is 18.6 Å². The third-order valence-corrected chi connectivity index (χ3v) is 6.20. The number of ether oxygens (including phenoxy) is 1. The molecule has 0 heterocycles.